The number of piperidine rings is 1. The Morgan fingerprint density at radius 3 is 2.22 bits per heavy atom. The highest BCUT2D eigenvalue weighted by Gasteiger charge is 2.41. The molecule has 0 aliphatic carbocycles. The zero-order valence-corrected chi connectivity index (χ0v) is 16.5. The average Bonchev–Trinajstić information content (AvgIpc) is 2.58. The van der Waals surface area contributed by atoms with Crippen molar-refractivity contribution in [2.45, 2.75) is 58.3 Å². The maximum absolute atomic E-state index is 12.3. The van der Waals surface area contributed by atoms with Crippen molar-refractivity contribution in [3.05, 3.63) is 35.9 Å². The highest BCUT2D eigenvalue weighted by Crippen LogP contribution is 2.33. The third-order valence-corrected chi connectivity index (χ3v) is 5.24. The Morgan fingerprint density at radius 1 is 1.00 bits per heavy atom. The van der Waals surface area contributed by atoms with Crippen molar-refractivity contribution < 1.29 is 19.1 Å². The van der Waals surface area contributed by atoms with Crippen LogP contribution in [0.25, 0.3) is 0 Å². The highest BCUT2D eigenvalue weighted by molar-refractivity contribution is 5.70. The van der Waals surface area contributed by atoms with Crippen LogP contribution in [-0.2, 0) is 16.1 Å². The van der Waals surface area contributed by atoms with Gasteiger partial charge in [-0.15, -0.1) is 0 Å². The van der Waals surface area contributed by atoms with Crippen LogP contribution in [0.3, 0.4) is 0 Å². The number of amides is 2. The van der Waals surface area contributed by atoms with Gasteiger partial charge in [0.1, 0.15) is 12.2 Å². The molecule has 1 aromatic rings. The monoisotopic (exact) mass is 374 g/mol. The van der Waals surface area contributed by atoms with E-state index in [9.17, 15) is 9.59 Å². The molecule has 2 saturated heterocycles. The third kappa shape index (κ3) is 5.15. The van der Waals surface area contributed by atoms with E-state index < -0.39 is 5.60 Å². The molecule has 0 bridgehead atoms. The molecule has 0 saturated carbocycles. The summed E-state index contributed by atoms with van der Waals surface area (Å²) in [7, 11) is 0. The number of ether oxygens (including phenoxy) is 2. The van der Waals surface area contributed by atoms with Gasteiger partial charge in [-0.1, -0.05) is 30.3 Å². The predicted octanol–water partition coefficient (Wildman–Crippen LogP) is 4.04. The summed E-state index contributed by atoms with van der Waals surface area (Å²) in [4.78, 5) is 28.2. The average molecular weight is 374 g/mol. The molecule has 2 fully saturated rings. The van der Waals surface area contributed by atoms with E-state index >= 15 is 0 Å². The van der Waals surface area contributed by atoms with E-state index in [-0.39, 0.29) is 18.2 Å². The Kier molecular flexibility index (Phi) is 5.92. The van der Waals surface area contributed by atoms with E-state index in [1.165, 1.54) is 0 Å². The van der Waals surface area contributed by atoms with Crippen LogP contribution >= 0.6 is 0 Å². The van der Waals surface area contributed by atoms with Gasteiger partial charge in [-0.05, 0) is 51.5 Å². The molecule has 2 aliphatic heterocycles. The van der Waals surface area contributed by atoms with Crippen LogP contribution in [0.4, 0.5) is 9.59 Å². The third-order valence-electron chi connectivity index (χ3n) is 5.24. The summed E-state index contributed by atoms with van der Waals surface area (Å²) in [6.45, 7) is 8.08. The van der Waals surface area contributed by atoms with Crippen molar-refractivity contribution in [1.29, 1.82) is 0 Å². The van der Waals surface area contributed by atoms with Gasteiger partial charge >= 0.3 is 12.2 Å². The molecule has 6 nitrogen and oxygen atoms in total. The molecule has 3 rings (SSSR count). The number of carbonyl (C=O) groups is 2. The van der Waals surface area contributed by atoms with Gasteiger partial charge in [-0.3, -0.25) is 0 Å². The van der Waals surface area contributed by atoms with Crippen molar-refractivity contribution >= 4 is 12.2 Å². The van der Waals surface area contributed by atoms with Crippen molar-refractivity contribution in [2.75, 3.05) is 19.6 Å². The molecule has 2 aliphatic rings. The highest BCUT2D eigenvalue weighted by atomic mass is 16.6. The molecule has 2 amide bonds. The zero-order valence-electron chi connectivity index (χ0n) is 16.5. The molecular formula is C21H30N2O4. The number of hydrogen-bond donors (Lipinski definition) is 0. The van der Waals surface area contributed by atoms with Gasteiger partial charge in [0.15, 0.2) is 0 Å². The standard InChI is InChI=1S/C21H30N2O4/c1-21(2,3)27-20(25)23-14-11-18(23)17-9-12-22(13-10-17)19(24)26-15-16-7-5-4-6-8-16/h4-8,17-18H,9-15H2,1-3H3/t18-/m0/s1. The maximum Gasteiger partial charge on any atom is 0.410 e. The minimum Gasteiger partial charge on any atom is -0.445 e. The summed E-state index contributed by atoms with van der Waals surface area (Å²) in [5, 5.41) is 0. The molecule has 6 heteroatoms. The Morgan fingerprint density at radius 2 is 1.67 bits per heavy atom. The van der Waals surface area contributed by atoms with Crippen molar-refractivity contribution in [1.82, 2.24) is 9.80 Å². The van der Waals surface area contributed by atoms with Crippen LogP contribution in [0, 0.1) is 5.92 Å². The fourth-order valence-electron chi connectivity index (χ4n) is 3.72. The molecule has 0 N–H and O–H groups in total. The zero-order chi connectivity index (χ0) is 19.4. The van der Waals surface area contributed by atoms with E-state index in [1.807, 2.05) is 56.0 Å². The second-order valence-electron chi connectivity index (χ2n) is 8.39. The quantitative estimate of drug-likeness (QED) is 0.801. The summed E-state index contributed by atoms with van der Waals surface area (Å²) >= 11 is 0. The van der Waals surface area contributed by atoms with Gasteiger partial charge in [0.05, 0.1) is 0 Å². The number of rotatable bonds is 3. The number of nitrogens with zero attached hydrogens (tertiary/aromatic N) is 2. The van der Waals surface area contributed by atoms with Crippen LogP contribution in [-0.4, -0.2) is 53.3 Å². The van der Waals surface area contributed by atoms with Gasteiger partial charge in [0, 0.05) is 25.7 Å². The minimum absolute atomic E-state index is 0.219. The smallest absolute Gasteiger partial charge is 0.410 e. The lowest BCUT2D eigenvalue weighted by atomic mass is 9.83. The molecule has 0 unspecified atom stereocenters. The van der Waals surface area contributed by atoms with Crippen molar-refractivity contribution in [2.24, 2.45) is 5.92 Å². The molecule has 1 aromatic carbocycles. The fourth-order valence-corrected chi connectivity index (χ4v) is 3.72. The largest absolute Gasteiger partial charge is 0.445 e. The number of hydrogen-bond acceptors (Lipinski definition) is 4. The first-order chi connectivity index (χ1) is 12.8. The summed E-state index contributed by atoms with van der Waals surface area (Å²) < 4.78 is 10.9. The Balaban J connectivity index is 1.43. The van der Waals surface area contributed by atoms with E-state index in [4.69, 9.17) is 9.47 Å². The summed E-state index contributed by atoms with van der Waals surface area (Å²) in [6, 6.07) is 9.94. The van der Waals surface area contributed by atoms with Crippen LogP contribution in [0.1, 0.15) is 45.6 Å². The first kappa shape index (κ1) is 19.5. The summed E-state index contributed by atoms with van der Waals surface area (Å²) in [6.07, 6.45) is 2.33. The molecule has 0 spiro atoms. The van der Waals surface area contributed by atoms with Crippen LogP contribution in [0.2, 0.25) is 0 Å². The van der Waals surface area contributed by atoms with Crippen LogP contribution < -0.4 is 0 Å². The van der Waals surface area contributed by atoms with E-state index in [2.05, 4.69) is 0 Å². The van der Waals surface area contributed by atoms with Gasteiger partial charge in [0.25, 0.3) is 0 Å². The topological polar surface area (TPSA) is 59.1 Å². The second-order valence-corrected chi connectivity index (χ2v) is 8.39. The van der Waals surface area contributed by atoms with Gasteiger partial charge in [-0.2, -0.15) is 0 Å². The van der Waals surface area contributed by atoms with Gasteiger partial charge in [0.2, 0.25) is 0 Å². The molecule has 148 valence electrons. The van der Waals surface area contributed by atoms with E-state index in [1.54, 1.807) is 4.90 Å². The molecule has 2 heterocycles. The molecule has 0 aromatic heterocycles. The number of carbonyl (C=O) groups excluding carboxylic acids is 2. The molecule has 1 atom stereocenters. The predicted molar refractivity (Wildman–Crippen MR) is 102 cm³/mol. The number of benzene rings is 1. The SMILES string of the molecule is CC(C)(C)OC(=O)N1CC[C@H]1C1CCN(C(=O)OCc2ccccc2)CC1. The molecule has 0 radical (unpaired) electrons. The molecular weight excluding hydrogens is 344 g/mol. The first-order valence-corrected chi connectivity index (χ1v) is 9.79. The van der Waals surface area contributed by atoms with E-state index in [0.717, 1.165) is 31.4 Å². The van der Waals surface area contributed by atoms with Crippen molar-refractivity contribution in [3.63, 3.8) is 0 Å². The second kappa shape index (κ2) is 8.19. The van der Waals surface area contributed by atoms with Crippen molar-refractivity contribution in [3.8, 4) is 0 Å². The lowest BCUT2D eigenvalue weighted by Gasteiger charge is -2.47. The first-order valence-electron chi connectivity index (χ1n) is 9.79. The van der Waals surface area contributed by atoms with E-state index in [0.29, 0.717) is 25.6 Å². The summed E-state index contributed by atoms with van der Waals surface area (Å²) in [5.74, 6) is 0.421. The molecule has 27 heavy (non-hydrogen) atoms. The maximum atomic E-state index is 12.3. The summed E-state index contributed by atoms with van der Waals surface area (Å²) in [5.41, 5.74) is 0.520. The Labute approximate surface area is 161 Å². The minimum atomic E-state index is -0.469. The normalized spacial score (nSPS) is 20.8. The lowest BCUT2D eigenvalue weighted by Crippen LogP contribution is -2.57. The van der Waals surface area contributed by atoms with Crippen LogP contribution in [0.5, 0.6) is 0 Å². The van der Waals surface area contributed by atoms with Gasteiger partial charge < -0.3 is 19.3 Å². The Bertz CT molecular complexity index is 648. The van der Waals surface area contributed by atoms with Crippen LogP contribution in [0.15, 0.2) is 30.3 Å². The fraction of sp³-hybridized carbons (Fsp3) is 0.619. The van der Waals surface area contributed by atoms with Gasteiger partial charge in [-0.25, -0.2) is 9.59 Å². The lowest BCUT2D eigenvalue weighted by molar-refractivity contribution is -0.0260. The Hall–Kier alpha value is -2.24. The number of likely N-dealkylation sites (tertiary alicyclic amines) is 2.